The molecule has 1 aromatic heterocycles. The number of nitrogens with one attached hydrogen (secondary N) is 3. The molecule has 1 aliphatic rings. The van der Waals surface area contributed by atoms with E-state index < -0.39 is 11.8 Å². The minimum absolute atomic E-state index is 0.140. The van der Waals surface area contributed by atoms with Crippen molar-refractivity contribution in [3.05, 3.63) is 63.6 Å². The third kappa shape index (κ3) is 4.76. The van der Waals surface area contributed by atoms with Gasteiger partial charge in [0, 0.05) is 45.4 Å². The number of benzene rings is 2. The summed E-state index contributed by atoms with van der Waals surface area (Å²) in [6.07, 6.45) is 0.739. The Labute approximate surface area is 187 Å². The van der Waals surface area contributed by atoms with Crippen LogP contribution in [0.2, 0.25) is 5.02 Å². The van der Waals surface area contributed by atoms with Crippen LogP contribution >= 0.6 is 22.9 Å². The van der Waals surface area contributed by atoms with Gasteiger partial charge in [-0.15, -0.1) is 11.3 Å². The fourth-order valence-electron chi connectivity index (χ4n) is 3.29. The molecule has 0 aliphatic carbocycles. The number of carbonyl (C=O) groups is 3. The molecule has 0 atom stereocenters. The molecule has 1 aliphatic heterocycles. The van der Waals surface area contributed by atoms with E-state index in [0.29, 0.717) is 34.9 Å². The van der Waals surface area contributed by atoms with E-state index in [1.54, 1.807) is 29.5 Å². The van der Waals surface area contributed by atoms with Crippen molar-refractivity contribution >= 4 is 52.0 Å². The molecular weight excluding hydrogens is 436 g/mol. The molecule has 0 bridgehead atoms. The van der Waals surface area contributed by atoms with Crippen LogP contribution in [0.5, 0.6) is 0 Å². The molecule has 9 heteroatoms. The SMILES string of the molecule is Cc1nc(-c2ccc(Cl)cc2)sc1CCNC(=O)C(=O)Nc1cccc2c1CC(=O)N2. The summed E-state index contributed by atoms with van der Waals surface area (Å²) in [4.78, 5) is 41.7. The summed E-state index contributed by atoms with van der Waals surface area (Å²) in [6, 6.07) is 12.6. The summed E-state index contributed by atoms with van der Waals surface area (Å²) in [7, 11) is 0. The maximum absolute atomic E-state index is 12.3. The molecule has 3 aromatic rings. The highest BCUT2D eigenvalue weighted by Gasteiger charge is 2.23. The van der Waals surface area contributed by atoms with Gasteiger partial charge in [0.05, 0.1) is 12.1 Å². The highest BCUT2D eigenvalue weighted by molar-refractivity contribution is 7.15. The highest BCUT2D eigenvalue weighted by atomic mass is 35.5. The first-order valence-corrected chi connectivity index (χ1v) is 10.8. The zero-order chi connectivity index (χ0) is 22.0. The number of rotatable bonds is 5. The van der Waals surface area contributed by atoms with Crippen LogP contribution in [-0.2, 0) is 27.2 Å². The van der Waals surface area contributed by atoms with Crippen molar-refractivity contribution in [3.8, 4) is 10.6 Å². The second kappa shape index (κ2) is 8.87. The lowest BCUT2D eigenvalue weighted by atomic mass is 10.1. The number of thiazole rings is 1. The Morgan fingerprint density at radius 1 is 1.16 bits per heavy atom. The fourth-order valence-corrected chi connectivity index (χ4v) is 4.48. The van der Waals surface area contributed by atoms with E-state index in [9.17, 15) is 14.4 Å². The molecule has 31 heavy (non-hydrogen) atoms. The summed E-state index contributed by atoms with van der Waals surface area (Å²) in [5.74, 6) is -1.63. The van der Waals surface area contributed by atoms with E-state index in [1.165, 1.54) is 0 Å². The Balaban J connectivity index is 1.33. The first-order valence-electron chi connectivity index (χ1n) is 9.64. The molecule has 4 rings (SSSR count). The number of anilines is 2. The third-order valence-electron chi connectivity index (χ3n) is 4.86. The van der Waals surface area contributed by atoms with Gasteiger partial charge in [-0.25, -0.2) is 4.98 Å². The number of fused-ring (bicyclic) bond motifs is 1. The maximum atomic E-state index is 12.3. The molecule has 158 valence electrons. The lowest BCUT2D eigenvalue weighted by Crippen LogP contribution is -2.36. The minimum Gasteiger partial charge on any atom is -0.347 e. The number of aromatic nitrogens is 1. The second-order valence-corrected chi connectivity index (χ2v) is 8.57. The molecule has 3 amide bonds. The third-order valence-corrected chi connectivity index (χ3v) is 6.38. The van der Waals surface area contributed by atoms with Crippen molar-refractivity contribution in [2.75, 3.05) is 17.2 Å². The van der Waals surface area contributed by atoms with Gasteiger partial charge >= 0.3 is 11.8 Å². The fraction of sp³-hybridized carbons (Fsp3) is 0.182. The van der Waals surface area contributed by atoms with Gasteiger partial charge < -0.3 is 16.0 Å². The Hall–Kier alpha value is -3.23. The number of hydrogen-bond donors (Lipinski definition) is 3. The van der Waals surface area contributed by atoms with Gasteiger partial charge in [0.2, 0.25) is 5.91 Å². The molecule has 0 unspecified atom stereocenters. The van der Waals surface area contributed by atoms with Gasteiger partial charge in [0.25, 0.3) is 0 Å². The Morgan fingerprint density at radius 2 is 1.94 bits per heavy atom. The van der Waals surface area contributed by atoms with Crippen LogP contribution in [0.4, 0.5) is 11.4 Å². The second-order valence-electron chi connectivity index (χ2n) is 7.05. The van der Waals surface area contributed by atoms with Crippen LogP contribution in [0, 0.1) is 6.92 Å². The summed E-state index contributed by atoms with van der Waals surface area (Å²) in [6.45, 7) is 2.23. The molecule has 0 saturated heterocycles. The van der Waals surface area contributed by atoms with Crippen molar-refractivity contribution in [3.63, 3.8) is 0 Å². The lowest BCUT2D eigenvalue weighted by molar-refractivity contribution is -0.136. The van der Waals surface area contributed by atoms with E-state index in [1.807, 2.05) is 31.2 Å². The number of aryl methyl sites for hydroxylation is 1. The number of amides is 3. The van der Waals surface area contributed by atoms with Crippen LogP contribution < -0.4 is 16.0 Å². The van der Waals surface area contributed by atoms with E-state index >= 15 is 0 Å². The maximum Gasteiger partial charge on any atom is 0.313 e. The van der Waals surface area contributed by atoms with Gasteiger partial charge in [-0.2, -0.15) is 0 Å². The number of nitrogens with zero attached hydrogens (tertiary/aromatic N) is 1. The zero-order valence-corrected chi connectivity index (χ0v) is 18.2. The van der Waals surface area contributed by atoms with Gasteiger partial charge in [-0.3, -0.25) is 14.4 Å². The average molecular weight is 455 g/mol. The molecule has 0 spiro atoms. The standard InChI is InChI=1S/C22H19ClN4O3S/c1-12-18(31-22(25-12)13-5-7-14(23)8-6-13)9-10-24-20(29)21(30)27-17-4-2-3-16-15(17)11-19(28)26-16/h2-8H,9-11H2,1H3,(H,24,29)(H,26,28)(H,27,30). The largest absolute Gasteiger partial charge is 0.347 e. The molecule has 0 radical (unpaired) electrons. The normalized spacial score (nSPS) is 12.3. The van der Waals surface area contributed by atoms with Crippen LogP contribution in [0.1, 0.15) is 16.1 Å². The van der Waals surface area contributed by atoms with E-state index in [2.05, 4.69) is 20.9 Å². The molecule has 3 N–H and O–H groups in total. The van der Waals surface area contributed by atoms with Crippen LogP contribution in [0.15, 0.2) is 42.5 Å². The van der Waals surface area contributed by atoms with E-state index in [0.717, 1.165) is 21.1 Å². The quantitative estimate of drug-likeness (QED) is 0.513. The minimum atomic E-state index is -0.768. The van der Waals surface area contributed by atoms with Crippen molar-refractivity contribution in [2.24, 2.45) is 0 Å². The van der Waals surface area contributed by atoms with Crippen molar-refractivity contribution in [1.82, 2.24) is 10.3 Å². The monoisotopic (exact) mass is 454 g/mol. The Kier molecular flexibility index (Phi) is 6.01. The van der Waals surface area contributed by atoms with Gasteiger partial charge in [-0.1, -0.05) is 29.8 Å². The molecule has 2 heterocycles. The first kappa shape index (κ1) is 21.0. The molecule has 7 nitrogen and oxygen atoms in total. The number of halogens is 1. The van der Waals surface area contributed by atoms with Crippen LogP contribution in [0.25, 0.3) is 10.6 Å². The molecule has 0 fully saturated rings. The highest BCUT2D eigenvalue weighted by Crippen LogP contribution is 2.30. The topological polar surface area (TPSA) is 100 Å². The predicted octanol–water partition coefficient (Wildman–Crippen LogP) is 3.56. The summed E-state index contributed by atoms with van der Waals surface area (Å²) >= 11 is 7.49. The summed E-state index contributed by atoms with van der Waals surface area (Å²) < 4.78 is 0. The summed E-state index contributed by atoms with van der Waals surface area (Å²) in [5, 5.41) is 9.49. The zero-order valence-electron chi connectivity index (χ0n) is 16.6. The van der Waals surface area contributed by atoms with Gasteiger partial charge in [-0.05, 0) is 31.2 Å². The van der Waals surface area contributed by atoms with Gasteiger partial charge in [0.15, 0.2) is 0 Å². The van der Waals surface area contributed by atoms with Crippen LogP contribution in [-0.4, -0.2) is 29.3 Å². The van der Waals surface area contributed by atoms with E-state index in [-0.39, 0.29) is 12.3 Å². The Morgan fingerprint density at radius 3 is 2.71 bits per heavy atom. The smallest absolute Gasteiger partial charge is 0.313 e. The predicted molar refractivity (Wildman–Crippen MR) is 121 cm³/mol. The van der Waals surface area contributed by atoms with Crippen molar-refractivity contribution in [1.29, 1.82) is 0 Å². The van der Waals surface area contributed by atoms with Gasteiger partial charge in [0.1, 0.15) is 5.01 Å². The van der Waals surface area contributed by atoms with Crippen molar-refractivity contribution in [2.45, 2.75) is 19.8 Å². The summed E-state index contributed by atoms with van der Waals surface area (Å²) in [5.41, 5.74) is 3.67. The average Bonchev–Trinajstić information content (AvgIpc) is 3.31. The molecular formula is C22H19ClN4O3S. The molecule has 2 aromatic carbocycles. The first-order chi connectivity index (χ1) is 14.9. The number of hydrogen-bond acceptors (Lipinski definition) is 5. The van der Waals surface area contributed by atoms with Crippen molar-refractivity contribution < 1.29 is 14.4 Å². The van der Waals surface area contributed by atoms with Crippen LogP contribution in [0.3, 0.4) is 0 Å². The number of carbonyl (C=O) groups excluding carboxylic acids is 3. The van der Waals surface area contributed by atoms with E-state index in [4.69, 9.17) is 11.6 Å². The lowest BCUT2D eigenvalue weighted by Gasteiger charge is -2.09. The Bertz CT molecular complexity index is 1170. The molecule has 0 saturated carbocycles.